The van der Waals surface area contributed by atoms with Gasteiger partial charge in [0.25, 0.3) is 0 Å². The lowest BCUT2D eigenvalue weighted by Gasteiger charge is -2.44. The van der Waals surface area contributed by atoms with Crippen LogP contribution in [0, 0.1) is 23.7 Å². The molecular weight excluding hydrogens is 669 g/mol. The molecule has 2 saturated carbocycles. The lowest BCUT2D eigenvalue weighted by Crippen LogP contribution is -2.51. The summed E-state index contributed by atoms with van der Waals surface area (Å²) in [5.41, 5.74) is 5.74. The van der Waals surface area contributed by atoms with Crippen molar-refractivity contribution in [3.63, 3.8) is 0 Å². The number of nitrogens with zero attached hydrogens (tertiary/aromatic N) is 2. The summed E-state index contributed by atoms with van der Waals surface area (Å²) in [6.07, 6.45) is 18.7. The number of ether oxygens (including phenoxy) is 2. The molecule has 4 aliphatic rings. The molecule has 0 amide bonds. The number of benzene rings is 2. The standard InChI is InChI=1S/C48H76N2O4/c1-37-33-39-35-38(2)47(42(34-37)36-39)48(40-13-17-45(18-14-40)53-31-11-7-5-9-25-49(3)27-21-43(51)22-28-49)41-15-19-46(20-16-41)54-32-12-8-6-10-26-50(4)29-23-44(52)24-30-50/h13-20,37-39,42-44,51-52H,5-12,21-36H2,1-4H3/q+2. The van der Waals surface area contributed by atoms with E-state index in [4.69, 9.17) is 9.47 Å². The molecule has 6 nitrogen and oxygen atoms in total. The molecule has 300 valence electrons. The zero-order valence-electron chi connectivity index (χ0n) is 34.7. The summed E-state index contributed by atoms with van der Waals surface area (Å²) < 4.78 is 14.8. The predicted octanol–water partition coefficient (Wildman–Crippen LogP) is 9.66. The second-order valence-electron chi connectivity index (χ2n) is 19.0. The minimum atomic E-state index is -0.0785. The average molecular weight is 745 g/mol. The van der Waals surface area contributed by atoms with Crippen molar-refractivity contribution >= 4 is 5.57 Å². The highest BCUT2D eigenvalue weighted by molar-refractivity contribution is 5.83. The summed E-state index contributed by atoms with van der Waals surface area (Å²) in [4.78, 5) is 0. The van der Waals surface area contributed by atoms with Crippen LogP contribution in [0.25, 0.3) is 5.57 Å². The van der Waals surface area contributed by atoms with Crippen LogP contribution in [0.1, 0.15) is 128 Å². The normalized spacial score (nSPS) is 31.3. The van der Waals surface area contributed by atoms with E-state index in [2.05, 4.69) is 76.5 Å². The molecule has 4 fully saturated rings. The third-order valence-electron chi connectivity index (χ3n) is 14.0. The summed E-state index contributed by atoms with van der Waals surface area (Å²) in [5.74, 6) is 4.89. The van der Waals surface area contributed by atoms with E-state index in [1.165, 1.54) is 94.0 Å². The molecule has 0 spiro atoms. The number of aliphatic hydroxyl groups excluding tert-OH is 2. The highest BCUT2D eigenvalue weighted by Gasteiger charge is 2.38. The molecule has 2 aliphatic heterocycles. The largest absolute Gasteiger partial charge is 0.494 e. The van der Waals surface area contributed by atoms with Crippen LogP contribution in [0.4, 0.5) is 0 Å². The SMILES string of the molecule is CC1CC2CC(C)C(=C(c3ccc(OCCCCCC[N+]4(C)CCC(O)CC4)cc3)c3ccc(OCCCCCC[N+]4(C)CCC(O)CC4)cc3)C(C1)C2. The van der Waals surface area contributed by atoms with Crippen molar-refractivity contribution in [3.8, 4) is 11.5 Å². The Morgan fingerprint density at radius 1 is 0.574 bits per heavy atom. The summed E-state index contributed by atoms with van der Waals surface area (Å²) in [6.45, 7) is 13.4. The number of likely N-dealkylation sites (tertiary alicyclic amines) is 2. The molecule has 0 radical (unpaired) electrons. The number of allylic oxidation sites excluding steroid dienone is 1. The van der Waals surface area contributed by atoms with Crippen LogP contribution in [0.15, 0.2) is 54.1 Å². The highest BCUT2D eigenvalue weighted by Crippen LogP contribution is 2.51. The molecule has 2 aromatic rings. The van der Waals surface area contributed by atoms with E-state index in [0.717, 1.165) is 110 Å². The molecule has 6 heteroatoms. The van der Waals surface area contributed by atoms with E-state index in [9.17, 15) is 10.2 Å². The van der Waals surface area contributed by atoms with Crippen LogP contribution in [0.2, 0.25) is 0 Å². The Balaban J connectivity index is 1.01. The Kier molecular flexibility index (Phi) is 15.0. The van der Waals surface area contributed by atoms with E-state index in [1.807, 2.05) is 0 Å². The topological polar surface area (TPSA) is 58.9 Å². The van der Waals surface area contributed by atoms with Crippen molar-refractivity contribution in [2.75, 3.05) is 66.6 Å². The van der Waals surface area contributed by atoms with E-state index in [-0.39, 0.29) is 12.2 Å². The second kappa shape index (κ2) is 19.7. The summed E-state index contributed by atoms with van der Waals surface area (Å²) in [6, 6.07) is 18.0. The number of unbranched alkanes of at least 4 members (excludes halogenated alkanes) is 6. The van der Waals surface area contributed by atoms with Gasteiger partial charge < -0.3 is 28.7 Å². The summed E-state index contributed by atoms with van der Waals surface area (Å²) in [5, 5.41) is 19.7. The van der Waals surface area contributed by atoms with E-state index < -0.39 is 0 Å². The molecule has 2 aliphatic carbocycles. The maximum Gasteiger partial charge on any atom is 0.119 e. The number of hydrogen-bond donors (Lipinski definition) is 2. The molecule has 2 saturated heterocycles. The molecular formula is C48H76N2O4+2. The third-order valence-corrected chi connectivity index (χ3v) is 14.0. The van der Waals surface area contributed by atoms with Crippen molar-refractivity contribution in [3.05, 3.63) is 65.2 Å². The lowest BCUT2D eigenvalue weighted by molar-refractivity contribution is -0.915. The highest BCUT2D eigenvalue weighted by atomic mass is 16.5. The molecule has 2 heterocycles. The predicted molar refractivity (Wildman–Crippen MR) is 223 cm³/mol. The van der Waals surface area contributed by atoms with E-state index in [1.54, 1.807) is 5.57 Å². The van der Waals surface area contributed by atoms with Gasteiger partial charge in [0.1, 0.15) is 11.5 Å². The quantitative estimate of drug-likeness (QED) is 0.118. The zero-order chi connectivity index (χ0) is 38.0. The van der Waals surface area contributed by atoms with Crippen LogP contribution in [0.5, 0.6) is 11.5 Å². The minimum absolute atomic E-state index is 0.0785. The minimum Gasteiger partial charge on any atom is -0.494 e. The molecule has 4 unspecified atom stereocenters. The van der Waals surface area contributed by atoms with Crippen LogP contribution >= 0.6 is 0 Å². The molecule has 2 bridgehead atoms. The Hall–Kier alpha value is -2.38. The van der Waals surface area contributed by atoms with Crippen molar-refractivity contribution in [1.29, 1.82) is 0 Å². The fourth-order valence-electron chi connectivity index (χ4n) is 10.7. The van der Waals surface area contributed by atoms with E-state index >= 15 is 0 Å². The molecule has 2 N–H and O–H groups in total. The first-order chi connectivity index (χ1) is 26.1. The molecule has 54 heavy (non-hydrogen) atoms. The van der Waals surface area contributed by atoms with Crippen LogP contribution in [0.3, 0.4) is 0 Å². The molecule has 6 rings (SSSR count). The van der Waals surface area contributed by atoms with Gasteiger partial charge in [0.2, 0.25) is 0 Å². The first kappa shape index (κ1) is 41.3. The van der Waals surface area contributed by atoms with Gasteiger partial charge in [0.05, 0.1) is 78.8 Å². The summed E-state index contributed by atoms with van der Waals surface area (Å²) >= 11 is 0. The van der Waals surface area contributed by atoms with Gasteiger partial charge in [-0.1, -0.05) is 43.7 Å². The van der Waals surface area contributed by atoms with Gasteiger partial charge in [0, 0.05) is 25.7 Å². The molecule has 4 atom stereocenters. The van der Waals surface area contributed by atoms with Gasteiger partial charge in [-0.2, -0.15) is 0 Å². The van der Waals surface area contributed by atoms with Crippen LogP contribution in [-0.4, -0.2) is 98.0 Å². The third kappa shape index (κ3) is 11.8. The smallest absolute Gasteiger partial charge is 0.119 e. The van der Waals surface area contributed by atoms with Gasteiger partial charge >= 0.3 is 0 Å². The maximum atomic E-state index is 9.86. The van der Waals surface area contributed by atoms with Gasteiger partial charge in [-0.05, 0) is 142 Å². The Labute approximate surface area is 329 Å². The number of aliphatic hydroxyl groups is 2. The summed E-state index contributed by atoms with van der Waals surface area (Å²) in [7, 11) is 4.73. The van der Waals surface area contributed by atoms with Crippen LogP contribution in [-0.2, 0) is 0 Å². The second-order valence-corrected chi connectivity index (χ2v) is 19.0. The fourth-order valence-corrected chi connectivity index (χ4v) is 10.7. The van der Waals surface area contributed by atoms with E-state index in [0.29, 0.717) is 11.8 Å². The van der Waals surface area contributed by atoms with Crippen molar-refractivity contribution < 1.29 is 28.7 Å². The van der Waals surface area contributed by atoms with Crippen molar-refractivity contribution in [1.82, 2.24) is 0 Å². The maximum absolute atomic E-state index is 9.86. The fraction of sp³-hybridized carbons (Fsp3) is 0.708. The number of hydrogen-bond acceptors (Lipinski definition) is 4. The number of quaternary nitrogens is 2. The van der Waals surface area contributed by atoms with Crippen LogP contribution < -0.4 is 9.47 Å². The Morgan fingerprint density at radius 3 is 1.48 bits per heavy atom. The van der Waals surface area contributed by atoms with Crippen molar-refractivity contribution in [2.45, 2.75) is 129 Å². The van der Waals surface area contributed by atoms with Gasteiger partial charge in [0.15, 0.2) is 0 Å². The number of fused-ring (bicyclic) bond motifs is 2. The average Bonchev–Trinajstić information content (AvgIpc) is 3.15. The number of piperidine rings is 2. The first-order valence-electron chi connectivity index (χ1n) is 22.3. The van der Waals surface area contributed by atoms with Gasteiger partial charge in [-0.15, -0.1) is 0 Å². The zero-order valence-corrected chi connectivity index (χ0v) is 34.7. The Bertz CT molecular complexity index is 1350. The van der Waals surface area contributed by atoms with Gasteiger partial charge in [-0.25, -0.2) is 0 Å². The molecule has 0 aromatic heterocycles. The first-order valence-corrected chi connectivity index (χ1v) is 22.3. The molecule has 2 aromatic carbocycles. The van der Waals surface area contributed by atoms with Gasteiger partial charge in [-0.3, -0.25) is 0 Å². The number of rotatable bonds is 18. The Morgan fingerprint density at radius 2 is 1.02 bits per heavy atom. The lowest BCUT2D eigenvalue weighted by atomic mass is 9.61. The monoisotopic (exact) mass is 745 g/mol. The van der Waals surface area contributed by atoms with Crippen molar-refractivity contribution in [2.24, 2.45) is 23.7 Å².